The number of hydrogen-bond donors (Lipinski definition) is 0. The van der Waals surface area contributed by atoms with E-state index >= 15 is 0 Å². The minimum absolute atomic E-state index is 0.0258. The van der Waals surface area contributed by atoms with Crippen molar-refractivity contribution < 1.29 is 23.1 Å². The highest BCUT2D eigenvalue weighted by molar-refractivity contribution is 5.88. The maximum atomic E-state index is 14.6. The number of benzene rings is 2. The van der Waals surface area contributed by atoms with Crippen molar-refractivity contribution in [3.63, 3.8) is 0 Å². The lowest BCUT2D eigenvalue weighted by Gasteiger charge is -2.36. The zero-order valence-electron chi connectivity index (χ0n) is 21.3. The average Bonchev–Trinajstić information content (AvgIpc) is 3.66. The lowest BCUT2D eigenvalue weighted by molar-refractivity contribution is -0.142. The zero-order chi connectivity index (χ0) is 26.1. The fourth-order valence-electron chi connectivity index (χ4n) is 5.33. The molecule has 0 spiro atoms. The SMILES string of the molecule is CN(C)C1CCN(C(=O)O[C@H](C(=O)N2CC(c3cc(F)ccc3F)=C[C@H]2c2ccccc2)C2CC2)CC1. The quantitative estimate of drug-likeness (QED) is 0.558. The molecule has 0 N–H and O–H groups in total. The van der Waals surface area contributed by atoms with Crippen LogP contribution >= 0.6 is 0 Å². The smallest absolute Gasteiger partial charge is 0.410 e. The number of carbonyl (C=O) groups excluding carboxylic acids is 2. The first-order chi connectivity index (χ1) is 17.8. The van der Waals surface area contributed by atoms with Crippen LogP contribution in [0.25, 0.3) is 5.57 Å². The molecule has 2 aliphatic heterocycles. The van der Waals surface area contributed by atoms with Gasteiger partial charge in [0.25, 0.3) is 5.91 Å². The van der Waals surface area contributed by atoms with E-state index in [1.807, 2.05) is 50.5 Å². The average molecular weight is 510 g/mol. The van der Waals surface area contributed by atoms with Gasteiger partial charge in [-0.1, -0.05) is 36.4 Å². The van der Waals surface area contributed by atoms with Gasteiger partial charge >= 0.3 is 6.09 Å². The van der Waals surface area contributed by atoms with Crippen LogP contribution in [-0.4, -0.2) is 72.6 Å². The molecule has 196 valence electrons. The van der Waals surface area contributed by atoms with Crippen LogP contribution in [0.3, 0.4) is 0 Å². The van der Waals surface area contributed by atoms with Gasteiger partial charge in [-0.2, -0.15) is 0 Å². The van der Waals surface area contributed by atoms with Crippen LogP contribution < -0.4 is 0 Å². The molecular formula is C29H33F2N3O3. The van der Waals surface area contributed by atoms with Crippen molar-refractivity contribution in [2.75, 3.05) is 33.7 Å². The van der Waals surface area contributed by atoms with Gasteiger partial charge in [-0.3, -0.25) is 4.79 Å². The number of carbonyl (C=O) groups is 2. The van der Waals surface area contributed by atoms with E-state index < -0.39 is 29.9 Å². The van der Waals surface area contributed by atoms with Crippen LogP contribution in [0, 0.1) is 17.6 Å². The molecular weight excluding hydrogens is 476 g/mol. The van der Waals surface area contributed by atoms with Crippen LogP contribution in [0.5, 0.6) is 0 Å². The van der Waals surface area contributed by atoms with Crippen LogP contribution in [0.4, 0.5) is 13.6 Å². The predicted octanol–water partition coefficient (Wildman–Crippen LogP) is 4.87. The Labute approximate surface area is 216 Å². The molecule has 0 bridgehead atoms. The van der Waals surface area contributed by atoms with Gasteiger partial charge in [0.1, 0.15) is 11.6 Å². The van der Waals surface area contributed by atoms with Crippen LogP contribution in [-0.2, 0) is 9.53 Å². The minimum atomic E-state index is -0.893. The highest BCUT2D eigenvalue weighted by Gasteiger charge is 2.45. The topological polar surface area (TPSA) is 53.1 Å². The van der Waals surface area contributed by atoms with Crippen LogP contribution in [0.1, 0.15) is 42.9 Å². The summed E-state index contributed by atoms with van der Waals surface area (Å²) in [6, 6.07) is 12.7. The Morgan fingerprint density at radius 2 is 1.70 bits per heavy atom. The van der Waals surface area contributed by atoms with Crippen LogP contribution in [0.2, 0.25) is 0 Å². The molecule has 3 aliphatic rings. The second kappa shape index (κ2) is 10.6. The first-order valence-corrected chi connectivity index (χ1v) is 13.0. The summed E-state index contributed by atoms with van der Waals surface area (Å²) in [5, 5.41) is 0. The van der Waals surface area contributed by atoms with Gasteiger partial charge in [-0.15, -0.1) is 0 Å². The Morgan fingerprint density at radius 3 is 2.35 bits per heavy atom. The van der Waals surface area contributed by atoms with Gasteiger partial charge in [0.05, 0.1) is 6.04 Å². The molecule has 5 rings (SSSR count). The number of ether oxygens (including phenoxy) is 1. The summed E-state index contributed by atoms with van der Waals surface area (Å²) in [5.74, 6) is -1.40. The first kappa shape index (κ1) is 25.4. The van der Waals surface area contributed by atoms with E-state index in [-0.39, 0.29) is 23.9 Å². The fourth-order valence-corrected chi connectivity index (χ4v) is 5.33. The number of hydrogen-bond acceptors (Lipinski definition) is 4. The number of amides is 2. The van der Waals surface area contributed by atoms with Crippen molar-refractivity contribution in [2.24, 2.45) is 5.92 Å². The number of rotatable bonds is 6. The van der Waals surface area contributed by atoms with Crippen molar-refractivity contribution >= 4 is 17.6 Å². The van der Waals surface area contributed by atoms with Gasteiger partial charge in [-0.05, 0) is 69.1 Å². The highest BCUT2D eigenvalue weighted by Crippen LogP contribution is 2.40. The molecule has 8 heteroatoms. The summed E-state index contributed by atoms with van der Waals surface area (Å²) < 4.78 is 34.5. The third-order valence-corrected chi connectivity index (χ3v) is 7.71. The molecule has 2 heterocycles. The van der Waals surface area contributed by atoms with Gasteiger partial charge in [0.2, 0.25) is 0 Å². The molecule has 0 radical (unpaired) electrons. The summed E-state index contributed by atoms with van der Waals surface area (Å²) in [5.41, 5.74) is 1.53. The van der Waals surface area contributed by atoms with E-state index in [9.17, 15) is 18.4 Å². The third kappa shape index (κ3) is 5.54. The van der Waals surface area contributed by atoms with E-state index in [1.54, 1.807) is 9.80 Å². The van der Waals surface area contributed by atoms with Gasteiger partial charge in [-0.25, -0.2) is 13.6 Å². The number of piperidine rings is 1. The normalized spacial score (nSPS) is 21.2. The molecule has 2 amide bonds. The Balaban J connectivity index is 1.36. The largest absolute Gasteiger partial charge is 0.436 e. The molecule has 37 heavy (non-hydrogen) atoms. The Kier molecular flexibility index (Phi) is 7.29. The van der Waals surface area contributed by atoms with E-state index in [1.165, 1.54) is 0 Å². The summed E-state index contributed by atoms with van der Waals surface area (Å²) in [4.78, 5) is 32.5. The molecule has 2 fully saturated rings. The van der Waals surface area contributed by atoms with Gasteiger partial charge in [0.15, 0.2) is 6.10 Å². The molecule has 0 aromatic heterocycles. The van der Waals surface area contributed by atoms with Gasteiger partial charge < -0.3 is 19.4 Å². The van der Waals surface area contributed by atoms with E-state index in [0.717, 1.165) is 49.4 Å². The maximum Gasteiger partial charge on any atom is 0.410 e. The second-order valence-corrected chi connectivity index (χ2v) is 10.5. The Hall–Kier alpha value is -3.26. The van der Waals surface area contributed by atoms with E-state index in [2.05, 4.69) is 4.90 Å². The summed E-state index contributed by atoms with van der Waals surface area (Å²) in [6.45, 7) is 1.29. The zero-order valence-corrected chi connectivity index (χ0v) is 21.3. The second-order valence-electron chi connectivity index (χ2n) is 10.5. The number of nitrogens with zero attached hydrogens (tertiary/aromatic N) is 3. The molecule has 1 saturated heterocycles. The molecule has 2 atom stereocenters. The molecule has 1 saturated carbocycles. The predicted molar refractivity (Wildman–Crippen MR) is 137 cm³/mol. The van der Waals surface area contributed by atoms with E-state index in [0.29, 0.717) is 24.7 Å². The summed E-state index contributed by atoms with van der Waals surface area (Å²) in [7, 11) is 4.08. The number of halogens is 2. The standard InChI is InChI=1S/C29H33F2N3O3/c1-32(2)23-12-14-33(15-13-23)29(36)37-27(20-8-9-20)28(35)34-18-21(24-17-22(30)10-11-25(24)31)16-26(34)19-6-4-3-5-7-19/h3-7,10-11,16-17,20,23,26-27H,8-9,12-15,18H2,1-2H3/t26-,27-/m0/s1. The van der Waals surface area contributed by atoms with E-state index in [4.69, 9.17) is 4.74 Å². The van der Waals surface area contributed by atoms with Crippen molar-refractivity contribution in [1.82, 2.24) is 14.7 Å². The third-order valence-electron chi connectivity index (χ3n) is 7.71. The molecule has 2 aromatic rings. The lowest BCUT2D eigenvalue weighted by atomic mass is 10.0. The molecule has 6 nitrogen and oxygen atoms in total. The molecule has 0 unspecified atom stereocenters. The summed E-state index contributed by atoms with van der Waals surface area (Å²) >= 11 is 0. The van der Waals surface area contributed by atoms with Gasteiger partial charge in [0, 0.05) is 37.2 Å². The van der Waals surface area contributed by atoms with Crippen molar-refractivity contribution in [1.29, 1.82) is 0 Å². The fraction of sp³-hybridized carbons (Fsp3) is 0.448. The van der Waals surface area contributed by atoms with Crippen molar-refractivity contribution in [3.05, 3.63) is 77.4 Å². The first-order valence-electron chi connectivity index (χ1n) is 13.0. The lowest BCUT2D eigenvalue weighted by Crippen LogP contribution is -2.48. The Morgan fingerprint density at radius 1 is 1.00 bits per heavy atom. The number of likely N-dealkylation sites (tertiary alicyclic amines) is 1. The van der Waals surface area contributed by atoms with Crippen molar-refractivity contribution in [2.45, 2.75) is 43.9 Å². The Bertz CT molecular complexity index is 1170. The van der Waals surface area contributed by atoms with Crippen molar-refractivity contribution in [3.8, 4) is 0 Å². The monoisotopic (exact) mass is 509 g/mol. The minimum Gasteiger partial charge on any atom is -0.436 e. The maximum absolute atomic E-state index is 14.6. The summed E-state index contributed by atoms with van der Waals surface area (Å²) in [6.07, 6.45) is 3.81. The molecule has 1 aliphatic carbocycles. The highest BCUT2D eigenvalue weighted by atomic mass is 19.1. The molecule has 2 aromatic carbocycles. The van der Waals surface area contributed by atoms with Crippen LogP contribution in [0.15, 0.2) is 54.6 Å².